The van der Waals surface area contributed by atoms with Crippen molar-refractivity contribution in [2.24, 2.45) is 0 Å². The van der Waals surface area contributed by atoms with Crippen molar-refractivity contribution in [1.82, 2.24) is 4.98 Å². The molecule has 1 rings (SSSR count). The molecule has 1 N–H and O–H groups in total. The zero-order chi connectivity index (χ0) is 9.68. The Morgan fingerprint density at radius 1 is 1.69 bits per heavy atom. The standard InChI is InChI=1S/C9H7ClN2O/c10-8-5-7(3-1-2-4-11)6-12-9(8)13/h1,3,5-6H,2H2,(H,12,13). The highest BCUT2D eigenvalue weighted by molar-refractivity contribution is 6.30. The van der Waals surface area contributed by atoms with E-state index in [4.69, 9.17) is 16.9 Å². The van der Waals surface area contributed by atoms with Gasteiger partial charge in [0.05, 0.1) is 12.5 Å². The van der Waals surface area contributed by atoms with Crippen molar-refractivity contribution in [3.8, 4) is 6.07 Å². The molecule has 3 nitrogen and oxygen atoms in total. The molecule has 0 unspecified atom stereocenters. The molecule has 1 aromatic heterocycles. The van der Waals surface area contributed by atoms with Crippen molar-refractivity contribution in [2.75, 3.05) is 0 Å². The second-order valence-electron chi connectivity index (χ2n) is 2.37. The lowest BCUT2D eigenvalue weighted by Gasteiger charge is -1.92. The first-order valence-corrected chi connectivity index (χ1v) is 4.03. The molecule has 0 radical (unpaired) electrons. The van der Waals surface area contributed by atoms with Crippen molar-refractivity contribution in [2.45, 2.75) is 6.42 Å². The van der Waals surface area contributed by atoms with E-state index < -0.39 is 0 Å². The molecule has 0 saturated heterocycles. The van der Waals surface area contributed by atoms with Gasteiger partial charge in [-0.25, -0.2) is 0 Å². The normalized spacial score (nSPS) is 10.2. The molecular weight excluding hydrogens is 188 g/mol. The summed E-state index contributed by atoms with van der Waals surface area (Å²) in [5, 5.41) is 8.41. The lowest BCUT2D eigenvalue weighted by molar-refractivity contribution is 1.23. The number of H-pyrrole nitrogens is 1. The minimum atomic E-state index is -0.306. The Morgan fingerprint density at radius 2 is 2.46 bits per heavy atom. The highest BCUT2D eigenvalue weighted by atomic mass is 35.5. The number of aromatic nitrogens is 1. The summed E-state index contributed by atoms with van der Waals surface area (Å²) >= 11 is 5.58. The molecule has 0 spiro atoms. The average Bonchev–Trinajstić information content (AvgIpc) is 2.12. The number of rotatable bonds is 2. The van der Waals surface area contributed by atoms with Crippen molar-refractivity contribution in [3.63, 3.8) is 0 Å². The van der Waals surface area contributed by atoms with E-state index in [9.17, 15) is 4.79 Å². The summed E-state index contributed by atoms with van der Waals surface area (Å²) in [6.07, 6.45) is 5.31. The van der Waals surface area contributed by atoms with E-state index in [1.54, 1.807) is 24.4 Å². The average molecular weight is 195 g/mol. The first kappa shape index (κ1) is 9.56. The predicted octanol–water partition coefficient (Wildman–Crippen LogP) is 1.96. The molecule has 0 aliphatic rings. The van der Waals surface area contributed by atoms with Crippen LogP contribution in [-0.2, 0) is 0 Å². The second kappa shape index (κ2) is 4.48. The number of hydrogen-bond donors (Lipinski definition) is 1. The van der Waals surface area contributed by atoms with Crippen LogP contribution in [0.5, 0.6) is 0 Å². The monoisotopic (exact) mass is 194 g/mol. The summed E-state index contributed by atoms with van der Waals surface area (Å²) < 4.78 is 0. The summed E-state index contributed by atoms with van der Waals surface area (Å²) in [6, 6.07) is 3.52. The Morgan fingerprint density at radius 3 is 3.08 bits per heavy atom. The molecule has 1 heterocycles. The number of hydrogen-bond acceptors (Lipinski definition) is 2. The maximum atomic E-state index is 10.8. The van der Waals surface area contributed by atoms with Gasteiger partial charge in [-0.2, -0.15) is 5.26 Å². The fraction of sp³-hybridized carbons (Fsp3) is 0.111. The zero-order valence-electron chi connectivity index (χ0n) is 6.75. The summed E-state index contributed by atoms with van der Waals surface area (Å²) in [6.45, 7) is 0. The van der Waals surface area contributed by atoms with Gasteiger partial charge >= 0.3 is 0 Å². The first-order valence-electron chi connectivity index (χ1n) is 3.66. The van der Waals surface area contributed by atoms with Crippen LogP contribution in [-0.4, -0.2) is 4.98 Å². The number of nitriles is 1. The fourth-order valence-electron chi connectivity index (χ4n) is 0.815. The predicted molar refractivity (Wildman–Crippen MR) is 51.3 cm³/mol. The van der Waals surface area contributed by atoms with Crippen molar-refractivity contribution >= 4 is 17.7 Å². The number of nitrogens with one attached hydrogen (secondary N) is 1. The molecule has 0 aliphatic carbocycles. The quantitative estimate of drug-likeness (QED) is 0.783. The number of nitrogens with zero attached hydrogens (tertiary/aromatic N) is 1. The Hall–Kier alpha value is -1.53. The molecular formula is C9H7ClN2O. The van der Waals surface area contributed by atoms with Crippen molar-refractivity contribution in [1.29, 1.82) is 5.26 Å². The van der Waals surface area contributed by atoms with E-state index in [-0.39, 0.29) is 10.6 Å². The van der Waals surface area contributed by atoms with Crippen LogP contribution in [0.3, 0.4) is 0 Å². The van der Waals surface area contributed by atoms with Gasteiger partial charge in [0.1, 0.15) is 5.02 Å². The fourth-order valence-corrected chi connectivity index (χ4v) is 0.996. The summed E-state index contributed by atoms with van der Waals surface area (Å²) in [7, 11) is 0. The number of allylic oxidation sites excluding steroid dienone is 1. The molecule has 0 fully saturated rings. The Labute approximate surface area is 80.3 Å². The topological polar surface area (TPSA) is 56.6 Å². The summed E-state index contributed by atoms with van der Waals surface area (Å²) in [5.41, 5.74) is 0.471. The molecule has 0 bridgehead atoms. The van der Waals surface area contributed by atoms with E-state index in [0.717, 1.165) is 5.56 Å². The Balaban J connectivity index is 2.87. The summed E-state index contributed by atoms with van der Waals surface area (Å²) in [4.78, 5) is 13.3. The first-order chi connectivity index (χ1) is 6.24. The third-order valence-corrected chi connectivity index (χ3v) is 1.68. The second-order valence-corrected chi connectivity index (χ2v) is 2.78. The van der Waals surface area contributed by atoms with Crippen LogP contribution in [0.4, 0.5) is 0 Å². The maximum absolute atomic E-state index is 10.8. The SMILES string of the molecule is N#CCC=Cc1c[nH]c(=O)c(Cl)c1. The van der Waals surface area contributed by atoms with E-state index >= 15 is 0 Å². The van der Waals surface area contributed by atoms with Gasteiger partial charge in [0.2, 0.25) is 0 Å². The Bertz CT molecular complexity index is 414. The van der Waals surface area contributed by atoms with Crippen LogP contribution in [0.1, 0.15) is 12.0 Å². The minimum Gasteiger partial charge on any atom is -0.327 e. The van der Waals surface area contributed by atoms with Gasteiger partial charge in [-0.3, -0.25) is 4.79 Å². The molecule has 0 aliphatic heterocycles. The van der Waals surface area contributed by atoms with Crippen molar-refractivity contribution < 1.29 is 0 Å². The van der Waals surface area contributed by atoms with Crippen LogP contribution in [0, 0.1) is 11.3 Å². The summed E-state index contributed by atoms with van der Waals surface area (Å²) in [5.74, 6) is 0. The minimum absolute atomic E-state index is 0.152. The lowest BCUT2D eigenvalue weighted by Crippen LogP contribution is -2.04. The molecule has 0 aromatic carbocycles. The molecule has 13 heavy (non-hydrogen) atoms. The number of aromatic amines is 1. The van der Waals surface area contributed by atoms with Gasteiger partial charge in [-0.1, -0.05) is 23.8 Å². The highest BCUT2D eigenvalue weighted by Gasteiger charge is 1.94. The smallest absolute Gasteiger partial charge is 0.266 e. The molecule has 0 saturated carbocycles. The van der Waals surface area contributed by atoms with E-state index in [1.165, 1.54) is 0 Å². The molecule has 0 amide bonds. The van der Waals surface area contributed by atoms with Gasteiger partial charge in [-0.05, 0) is 11.6 Å². The highest BCUT2D eigenvalue weighted by Crippen LogP contribution is 2.05. The van der Waals surface area contributed by atoms with Crippen LogP contribution in [0.2, 0.25) is 5.02 Å². The largest absolute Gasteiger partial charge is 0.327 e. The van der Waals surface area contributed by atoms with Gasteiger partial charge < -0.3 is 4.98 Å². The van der Waals surface area contributed by atoms with E-state index in [1.807, 2.05) is 6.07 Å². The third kappa shape index (κ3) is 2.77. The number of pyridine rings is 1. The van der Waals surface area contributed by atoms with Crippen LogP contribution < -0.4 is 5.56 Å². The maximum Gasteiger partial charge on any atom is 0.266 e. The molecule has 66 valence electrons. The molecule has 0 atom stereocenters. The number of halogens is 1. The van der Waals surface area contributed by atoms with E-state index in [0.29, 0.717) is 6.42 Å². The Kier molecular flexibility index (Phi) is 3.30. The molecule has 1 aromatic rings. The third-order valence-electron chi connectivity index (χ3n) is 1.40. The van der Waals surface area contributed by atoms with Gasteiger partial charge in [-0.15, -0.1) is 0 Å². The lowest BCUT2D eigenvalue weighted by atomic mass is 10.2. The van der Waals surface area contributed by atoms with Crippen LogP contribution in [0.15, 0.2) is 23.1 Å². The van der Waals surface area contributed by atoms with Gasteiger partial charge in [0, 0.05) is 6.20 Å². The van der Waals surface area contributed by atoms with Gasteiger partial charge in [0.15, 0.2) is 0 Å². The zero-order valence-corrected chi connectivity index (χ0v) is 7.51. The molecule has 4 heteroatoms. The van der Waals surface area contributed by atoms with E-state index in [2.05, 4.69) is 4.98 Å². The van der Waals surface area contributed by atoms with Gasteiger partial charge in [0.25, 0.3) is 5.56 Å². The van der Waals surface area contributed by atoms with Crippen molar-refractivity contribution in [3.05, 3.63) is 39.3 Å². The van der Waals surface area contributed by atoms with Crippen LogP contribution in [0.25, 0.3) is 6.08 Å². The van der Waals surface area contributed by atoms with Crippen LogP contribution >= 0.6 is 11.6 Å².